The highest BCUT2D eigenvalue weighted by Gasteiger charge is 2.16. The van der Waals surface area contributed by atoms with Gasteiger partial charge in [0.05, 0.1) is 12.7 Å². The van der Waals surface area contributed by atoms with Crippen LogP contribution < -0.4 is 9.64 Å². The van der Waals surface area contributed by atoms with Gasteiger partial charge in [0.2, 0.25) is 0 Å². The number of ketones is 1. The number of methoxy groups -OCH3 is 1. The first-order valence-corrected chi connectivity index (χ1v) is 6.18. The van der Waals surface area contributed by atoms with E-state index in [1.807, 2.05) is 25.1 Å². The van der Waals surface area contributed by atoms with Gasteiger partial charge in [-0.3, -0.25) is 4.79 Å². The maximum absolute atomic E-state index is 13.4. The summed E-state index contributed by atoms with van der Waals surface area (Å²) < 4.78 is 18.5. The molecule has 104 valence electrons. The van der Waals surface area contributed by atoms with E-state index in [0.29, 0.717) is 11.3 Å². The molecule has 0 saturated carbocycles. The van der Waals surface area contributed by atoms with Gasteiger partial charge < -0.3 is 9.64 Å². The standard InChI is InChI=1S/C16H16FNO2/c1-18(2)13-6-4-5-11(9-13)16(19)14-10-12(17)7-8-15(14)20-3/h4-10H,1-3H3. The van der Waals surface area contributed by atoms with E-state index in [1.165, 1.54) is 25.3 Å². The van der Waals surface area contributed by atoms with Crippen LogP contribution in [0.25, 0.3) is 0 Å². The summed E-state index contributed by atoms with van der Waals surface area (Å²) in [7, 11) is 5.25. The molecule has 3 nitrogen and oxygen atoms in total. The molecule has 0 aliphatic heterocycles. The Morgan fingerprint density at radius 3 is 2.55 bits per heavy atom. The number of benzene rings is 2. The fourth-order valence-electron chi connectivity index (χ4n) is 1.94. The minimum absolute atomic E-state index is 0.225. The van der Waals surface area contributed by atoms with Crippen LogP contribution in [0.4, 0.5) is 10.1 Å². The van der Waals surface area contributed by atoms with Gasteiger partial charge in [-0.05, 0) is 30.3 Å². The lowest BCUT2D eigenvalue weighted by Gasteiger charge is -2.14. The Hall–Kier alpha value is -2.36. The van der Waals surface area contributed by atoms with Crippen molar-refractivity contribution in [1.82, 2.24) is 0 Å². The van der Waals surface area contributed by atoms with Crippen LogP contribution >= 0.6 is 0 Å². The number of hydrogen-bond acceptors (Lipinski definition) is 3. The van der Waals surface area contributed by atoms with Crippen LogP contribution in [0, 0.1) is 5.82 Å². The number of carbonyl (C=O) groups is 1. The predicted molar refractivity (Wildman–Crippen MR) is 77.2 cm³/mol. The Morgan fingerprint density at radius 2 is 1.90 bits per heavy atom. The molecule has 20 heavy (non-hydrogen) atoms. The zero-order valence-corrected chi connectivity index (χ0v) is 11.7. The summed E-state index contributed by atoms with van der Waals surface area (Å²) in [5.41, 5.74) is 1.63. The Labute approximate surface area is 117 Å². The molecular formula is C16H16FNO2. The van der Waals surface area contributed by atoms with Crippen molar-refractivity contribution >= 4 is 11.5 Å². The molecule has 0 aliphatic carbocycles. The fourth-order valence-corrected chi connectivity index (χ4v) is 1.94. The third-order valence-electron chi connectivity index (χ3n) is 3.03. The molecule has 0 amide bonds. The van der Waals surface area contributed by atoms with Gasteiger partial charge in [-0.1, -0.05) is 12.1 Å². The minimum Gasteiger partial charge on any atom is -0.496 e. The molecule has 2 aromatic rings. The van der Waals surface area contributed by atoms with Crippen LogP contribution in [0.2, 0.25) is 0 Å². The van der Waals surface area contributed by atoms with E-state index in [4.69, 9.17) is 4.74 Å². The molecule has 0 spiro atoms. The maximum atomic E-state index is 13.4. The van der Waals surface area contributed by atoms with Crippen molar-refractivity contribution in [2.45, 2.75) is 0 Å². The number of halogens is 1. The normalized spacial score (nSPS) is 10.2. The van der Waals surface area contributed by atoms with Gasteiger partial charge in [-0.2, -0.15) is 0 Å². The Bertz CT molecular complexity index is 638. The molecule has 0 saturated heterocycles. The average Bonchev–Trinajstić information content (AvgIpc) is 2.46. The zero-order chi connectivity index (χ0) is 14.7. The van der Waals surface area contributed by atoms with Crippen LogP contribution in [0.1, 0.15) is 15.9 Å². The van der Waals surface area contributed by atoms with Crippen LogP contribution in [-0.2, 0) is 0 Å². The summed E-state index contributed by atoms with van der Waals surface area (Å²) >= 11 is 0. The first-order chi connectivity index (χ1) is 9.52. The van der Waals surface area contributed by atoms with Gasteiger partial charge in [-0.15, -0.1) is 0 Å². The topological polar surface area (TPSA) is 29.5 Å². The van der Waals surface area contributed by atoms with Gasteiger partial charge in [0.25, 0.3) is 0 Å². The highest BCUT2D eigenvalue weighted by molar-refractivity contribution is 6.11. The summed E-state index contributed by atoms with van der Waals surface area (Å²) in [5.74, 6) is -0.352. The van der Waals surface area contributed by atoms with E-state index in [9.17, 15) is 9.18 Å². The quantitative estimate of drug-likeness (QED) is 0.802. The lowest BCUT2D eigenvalue weighted by Crippen LogP contribution is -2.10. The van der Waals surface area contributed by atoms with E-state index in [-0.39, 0.29) is 11.3 Å². The number of ether oxygens (including phenoxy) is 1. The first-order valence-electron chi connectivity index (χ1n) is 6.18. The van der Waals surface area contributed by atoms with Gasteiger partial charge >= 0.3 is 0 Å². The van der Waals surface area contributed by atoms with Crippen LogP contribution in [-0.4, -0.2) is 27.0 Å². The van der Waals surface area contributed by atoms with Crippen LogP contribution in [0.5, 0.6) is 5.75 Å². The number of anilines is 1. The molecule has 0 heterocycles. The summed E-state index contributed by atoms with van der Waals surface area (Å²) in [6, 6.07) is 11.1. The second kappa shape index (κ2) is 5.74. The summed E-state index contributed by atoms with van der Waals surface area (Å²) in [6.07, 6.45) is 0. The molecule has 0 bridgehead atoms. The maximum Gasteiger partial charge on any atom is 0.196 e. The summed E-state index contributed by atoms with van der Waals surface area (Å²) in [6.45, 7) is 0. The third-order valence-corrected chi connectivity index (χ3v) is 3.03. The highest BCUT2D eigenvalue weighted by atomic mass is 19.1. The van der Waals surface area contributed by atoms with Crippen molar-refractivity contribution in [2.24, 2.45) is 0 Å². The minimum atomic E-state index is -0.460. The van der Waals surface area contributed by atoms with Crippen molar-refractivity contribution in [3.8, 4) is 5.75 Å². The molecule has 0 atom stereocenters. The predicted octanol–water partition coefficient (Wildman–Crippen LogP) is 3.13. The van der Waals surface area contributed by atoms with E-state index >= 15 is 0 Å². The molecule has 2 rings (SSSR count). The molecule has 0 fully saturated rings. The van der Waals surface area contributed by atoms with E-state index < -0.39 is 5.82 Å². The van der Waals surface area contributed by atoms with Crippen molar-refractivity contribution in [1.29, 1.82) is 0 Å². The molecule has 0 radical (unpaired) electrons. The monoisotopic (exact) mass is 273 g/mol. The SMILES string of the molecule is COc1ccc(F)cc1C(=O)c1cccc(N(C)C)c1. The van der Waals surface area contributed by atoms with Crippen molar-refractivity contribution in [3.05, 3.63) is 59.4 Å². The number of hydrogen-bond donors (Lipinski definition) is 0. The van der Waals surface area contributed by atoms with Gasteiger partial charge in [0.15, 0.2) is 5.78 Å². The van der Waals surface area contributed by atoms with Crippen molar-refractivity contribution in [2.75, 3.05) is 26.1 Å². The largest absolute Gasteiger partial charge is 0.496 e. The zero-order valence-electron chi connectivity index (χ0n) is 11.7. The van der Waals surface area contributed by atoms with Crippen LogP contribution in [0.3, 0.4) is 0 Å². The average molecular weight is 273 g/mol. The lowest BCUT2D eigenvalue weighted by molar-refractivity contribution is 0.103. The van der Waals surface area contributed by atoms with E-state index in [2.05, 4.69) is 0 Å². The van der Waals surface area contributed by atoms with Crippen molar-refractivity contribution < 1.29 is 13.9 Å². The molecule has 0 aromatic heterocycles. The Kier molecular flexibility index (Phi) is 4.03. The molecular weight excluding hydrogens is 257 g/mol. The summed E-state index contributed by atoms with van der Waals surface area (Å²) in [4.78, 5) is 14.4. The van der Waals surface area contributed by atoms with Crippen molar-refractivity contribution in [3.63, 3.8) is 0 Å². The van der Waals surface area contributed by atoms with Gasteiger partial charge in [0.1, 0.15) is 11.6 Å². The molecule has 0 unspecified atom stereocenters. The summed E-state index contributed by atoms with van der Waals surface area (Å²) in [5, 5.41) is 0. The lowest BCUT2D eigenvalue weighted by atomic mass is 10.0. The number of nitrogens with zero attached hydrogens (tertiary/aromatic N) is 1. The van der Waals surface area contributed by atoms with E-state index in [1.54, 1.807) is 18.2 Å². The second-order valence-electron chi connectivity index (χ2n) is 4.62. The van der Waals surface area contributed by atoms with E-state index in [0.717, 1.165) is 5.69 Å². The third kappa shape index (κ3) is 2.79. The molecule has 0 aliphatic rings. The van der Waals surface area contributed by atoms with Gasteiger partial charge in [-0.25, -0.2) is 4.39 Å². The first kappa shape index (κ1) is 14.1. The molecule has 0 N–H and O–H groups in total. The Balaban J connectivity index is 2.46. The fraction of sp³-hybridized carbons (Fsp3) is 0.188. The molecule has 4 heteroatoms. The number of carbonyl (C=O) groups excluding carboxylic acids is 1. The Morgan fingerprint density at radius 1 is 1.15 bits per heavy atom. The van der Waals surface area contributed by atoms with Crippen LogP contribution in [0.15, 0.2) is 42.5 Å². The highest BCUT2D eigenvalue weighted by Crippen LogP contribution is 2.24. The molecule has 2 aromatic carbocycles. The van der Waals surface area contributed by atoms with Gasteiger partial charge in [0, 0.05) is 25.3 Å². The number of rotatable bonds is 4. The second-order valence-corrected chi connectivity index (χ2v) is 4.62. The smallest absolute Gasteiger partial charge is 0.196 e.